The Morgan fingerprint density at radius 2 is 1.60 bits per heavy atom. The number of benzene rings is 1. The Morgan fingerprint density at radius 1 is 1.00 bits per heavy atom. The zero-order chi connectivity index (χ0) is 17.5. The first-order valence-corrected chi connectivity index (χ1v) is 9.35. The average molecular weight is 352 g/mol. The Kier molecular flexibility index (Phi) is 14.1. The maximum atomic E-state index is 10.6. The third-order valence-electron chi connectivity index (χ3n) is 4.20. The fraction of sp³-hybridized carbons (Fsp3) is 0.619. The van der Waals surface area contributed by atoms with E-state index in [1.807, 2.05) is 37.3 Å². The van der Waals surface area contributed by atoms with Crippen molar-refractivity contribution >= 4 is 0 Å². The van der Waals surface area contributed by atoms with Gasteiger partial charge < -0.3 is 20.7 Å². The molecule has 0 aliphatic carbocycles. The molecular weight excluding hydrogens is 314 g/mol. The quantitative estimate of drug-likeness (QED) is 0.243. The summed E-state index contributed by atoms with van der Waals surface area (Å²) in [5.41, 5.74) is 0. The summed E-state index contributed by atoms with van der Waals surface area (Å²) in [5, 5.41) is 10.6. The summed E-state index contributed by atoms with van der Waals surface area (Å²) < 4.78 is 11.1. The maximum Gasteiger partial charge on any atom is 0.207 e. The molecule has 0 aliphatic heterocycles. The van der Waals surface area contributed by atoms with Crippen molar-refractivity contribution in [1.29, 1.82) is 0 Å². The minimum absolute atomic E-state index is 0. The van der Waals surface area contributed by atoms with Crippen molar-refractivity contribution in [2.75, 3.05) is 13.2 Å². The molecule has 4 nitrogen and oxygen atoms in total. The van der Waals surface area contributed by atoms with E-state index in [2.05, 4.69) is 6.58 Å². The fourth-order valence-corrected chi connectivity index (χ4v) is 2.66. The molecule has 0 radical (unpaired) electrons. The van der Waals surface area contributed by atoms with Crippen LogP contribution in [0.15, 0.2) is 43.0 Å². The standard InChI is InChI=1S/C21H34O3.H3N/c1-3-18-23-19-14-9-7-5-6-8-13-17-21(22,4-2)24-20-15-11-10-12-16-20;/h3,10-12,15-16,22H,1,4-9,13-14,17-19H2,2H3;1H3. The van der Waals surface area contributed by atoms with Gasteiger partial charge in [0, 0.05) is 19.4 Å². The van der Waals surface area contributed by atoms with E-state index >= 15 is 0 Å². The topological polar surface area (TPSA) is 73.7 Å². The summed E-state index contributed by atoms with van der Waals surface area (Å²) in [5.74, 6) is -0.301. The molecule has 0 aliphatic rings. The molecule has 0 aromatic heterocycles. The van der Waals surface area contributed by atoms with Gasteiger partial charge in [-0.3, -0.25) is 0 Å². The Bertz CT molecular complexity index is 424. The molecule has 0 saturated carbocycles. The van der Waals surface area contributed by atoms with Gasteiger partial charge in [-0.25, -0.2) is 0 Å². The van der Waals surface area contributed by atoms with Crippen LogP contribution in [0.3, 0.4) is 0 Å². The number of hydrogen-bond donors (Lipinski definition) is 2. The zero-order valence-electron chi connectivity index (χ0n) is 15.9. The monoisotopic (exact) mass is 351 g/mol. The van der Waals surface area contributed by atoms with Crippen molar-refractivity contribution in [3.63, 3.8) is 0 Å². The van der Waals surface area contributed by atoms with E-state index in [1.54, 1.807) is 6.08 Å². The Hall–Kier alpha value is -1.36. The molecule has 1 atom stereocenters. The van der Waals surface area contributed by atoms with Crippen LogP contribution in [-0.2, 0) is 4.74 Å². The van der Waals surface area contributed by atoms with Gasteiger partial charge in [-0.2, -0.15) is 0 Å². The Labute approximate surface area is 153 Å². The van der Waals surface area contributed by atoms with Crippen LogP contribution in [0.5, 0.6) is 5.75 Å². The van der Waals surface area contributed by atoms with E-state index in [0.717, 1.165) is 31.6 Å². The second-order valence-corrected chi connectivity index (χ2v) is 6.30. The maximum absolute atomic E-state index is 10.6. The summed E-state index contributed by atoms with van der Waals surface area (Å²) in [7, 11) is 0. The first-order chi connectivity index (χ1) is 11.7. The van der Waals surface area contributed by atoms with E-state index in [1.165, 1.54) is 25.7 Å². The molecular formula is C21H37NO3. The molecule has 4 heteroatoms. The number of rotatable bonds is 15. The highest BCUT2D eigenvalue weighted by molar-refractivity contribution is 5.21. The van der Waals surface area contributed by atoms with Gasteiger partial charge in [-0.05, 0) is 25.0 Å². The van der Waals surface area contributed by atoms with E-state index in [-0.39, 0.29) is 6.15 Å². The highest BCUT2D eigenvalue weighted by atomic mass is 16.6. The third-order valence-corrected chi connectivity index (χ3v) is 4.20. The third kappa shape index (κ3) is 11.8. The fourth-order valence-electron chi connectivity index (χ4n) is 2.66. The smallest absolute Gasteiger partial charge is 0.207 e. The SMILES string of the molecule is C=CCOCCCCCCCCCC(O)(CC)Oc1ccccc1.N. The molecule has 1 rings (SSSR count). The molecule has 1 aromatic carbocycles. The zero-order valence-corrected chi connectivity index (χ0v) is 15.9. The van der Waals surface area contributed by atoms with Crippen LogP contribution in [0.1, 0.15) is 64.7 Å². The van der Waals surface area contributed by atoms with Crippen molar-refractivity contribution in [2.24, 2.45) is 0 Å². The number of aliphatic hydroxyl groups is 1. The largest absolute Gasteiger partial charge is 0.463 e. The van der Waals surface area contributed by atoms with Crippen LogP contribution < -0.4 is 10.9 Å². The van der Waals surface area contributed by atoms with Gasteiger partial charge in [0.15, 0.2) is 0 Å². The van der Waals surface area contributed by atoms with Crippen LogP contribution in [-0.4, -0.2) is 24.1 Å². The number of hydrogen-bond acceptors (Lipinski definition) is 4. The highest BCUT2D eigenvalue weighted by Crippen LogP contribution is 2.24. The van der Waals surface area contributed by atoms with Crippen molar-refractivity contribution < 1.29 is 14.6 Å². The normalized spacial score (nSPS) is 12.9. The summed E-state index contributed by atoms with van der Waals surface area (Å²) in [6, 6.07) is 9.57. The predicted molar refractivity (Wildman–Crippen MR) is 105 cm³/mol. The summed E-state index contributed by atoms with van der Waals surface area (Å²) in [6.45, 7) is 7.10. The number of unbranched alkanes of at least 4 members (excludes halogenated alkanes) is 6. The number of ether oxygens (including phenoxy) is 2. The van der Waals surface area contributed by atoms with Crippen LogP contribution >= 0.6 is 0 Å². The van der Waals surface area contributed by atoms with Crippen molar-refractivity contribution in [3.8, 4) is 5.75 Å². The van der Waals surface area contributed by atoms with Gasteiger partial charge >= 0.3 is 0 Å². The lowest BCUT2D eigenvalue weighted by Gasteiger charge is -2.28. The lowest BCUT2D eigenvalue weighted by atomic mass is 10.0. The van der Waals surface area contributed by atoms with E-state index < -0.39 is 5.79 Å². The lowest BCUT2D eigenvalue weighted by Crippen LogP contribution is -2.34. The molecule has 1 aromatic rings. The number of para-hydroxylation sites is 1. The molecule has 0 amide bonds. The van der Waals surface area contributed by atoms with E-state index in [4.69, 9.17) is 9.47 Å². The molecule has 0 saturated heterocycles. The van der Waals surface area contributed by atoms with Gasteiger partial charge in [-0.1, -0.05) is 63.3 Å². The second-order valence-electron chi connectivity index (χ2n) is 6.30. The molecule has 0 heterocycles. The van der Waals surface area contributed by atoms with E-state index in [0.29, 0.717) is 19.4 Å². The van der Waals surface area contributed by atoms with Gasteiger partial charge in [0.25, 0.3) is 0 Å². The van der Waals surface area contributed by atoms with Gasteiger partial charge in [0.2, 0.25) is 5.79 Å². The summed E-state index contributed by atoms with van der Waals surface area (Å²) in [4.78, 5) is 0. The Balaban J connectivity index is 0.00000576. The van der Waals surface area contributed by atoms with Crippen LogP contribution in [0.2, 0.25) is 0 Å². The second kappa shape index (κ2) is 14.9. The molecule has 1 unspecified atom stereocenters. The van der Waals surface area contributed by atoms with Gasteiger partial charge in [-0.15, -0.1) is 6.58 Å². The molecule has 25 heavy (non-hydrogen) atoms. The molecule has 0 spiro atoms. The summed E-state index contributed by atoms with van der Waals surface area (Å²) >= 11 is 0. The van der Waals surface area contributed by atoms with Crippen molar-refractivity contribution in [3.05, 3.63) is 43.0 Å². The predicted octanol–water partition coefficient (Wildman–Crippen LogP) is 5.65. The Morgan fingerprint density at radius 3 is 2.20 bits per heavy atom. The van der Waals surface area contributed by atoms with E-state index in [9.17, 15) is 5.11 Å². The molecule has 144 valence electrons. The van der Waals surface area contributed by atoms with Gasteiger partial charge in [0.05, 0.1) is 6.61 Å². The average Bonchev–Trinajstić information content (AvgIpc) is 2.60. The first kappa shape index (κ1) is 23.6. The molecule has 0 bridgehead atoms. The molecule has 0 fully saturated rings. The minimum atomic E-state index is -1.04. The van der Waals surface area contributed by atoms with Crippen molar-refractivity contribution in [1.82, 2.24) is 6.15 Å². The first-order valence-electron chi connectivity index (χ1n) is 9.35. The van der Waals surface area contributed by atoms with Crippen LogP contribution in [0, 0.1) is 0 Å². The van der Waals surface area contributed by atoms with Crippen LogP contribution in [0.25, 0.3) is 0 Å². The minimum Gasteiger partial charge on any atom is -0.463 e. The van der Waals surface area contributed by atoms with Crippen LogP contribution in [0.4, 0.5) is 0 Å². The molecule has 4 N–H and O–H groups in total. The lowest BCUT2D eigenvalue weighted by molar-refractivity contribution is -0.145. The van der Waals surface area contributed by atoms with Crippen molar-refractivity contribution in [2.45, 2.75) is 70.5 Å². The summed E-state index contributed by atoms with van der Waals surface area (Å²) in [6.07, 6.45) is 11.3. The van der Waals surface area contributed by atoms with Gasteiger partial charge in [0.1, 0.15) is 5.75 Å². The highest BCUT2D eigenvalue weighted by Gasteiger charge is 2.26.